The minimum atomic E-state index is -1.08. The van der Waals surface area contributed by atoms with Gasteiger partial charge in [0.15, 0.2) is 14.5 Å². The average molecular weight is 1110 g/mol. The number of rotatable bonds is 27. The van der Waals surface area contributed by atoms with Crippen molar-refractivity contribution in [2.75, 3.05) is 41.1 Å². The minimum Gasteiger partial charge on any atom is -0.457 e. The first-order valence-electron chi connectivity index (χ1n) is 27.7. The van der Waals surface area contributed by atoms with E-state index in [1.807, 2.05) is 89.7 Å². The number of amides is 1. The number of nitrogens with one attached hydrogen (secondary N) is 1. The second kappa shape index (κ2) is 38.4. The fourth-order valence-corrected chi connectivity index (χ4v) is 9.15. The summed E-state index contributed by atoms with van der Waals surface area (Å²) in [5.41, 5.74) is 0. The first kappa shape index (κ1) is 73.6. The van der Waals surface area contributed by atoms with Crippen LogP contribution in [0.4, 0.5) is 0 Å². The van der Waals surface area contributed by atoms with E-state index >= 15 is 0 Å². The first-order chi connectivity index (χ1) is 36.2. The van der Waals surface area contributed by atoms with Gasteiger partial charge >= 0.3 is 5.97 Å². The van der Waals surface area contributed by atoms with Crippen molar-refractivity contribution >= 4 is 51.6 Å². The number of hydrogen-bond donors (Lipinski definition) is 3. The molecule has 77 heavy (non-hydrogen) atoms. The van der Waals surface area contributed by atoms with Gasteiger partial charge in [-0.05, 0) is 79.1 Å². The molecule has 5 unspecified atom stereocenters. The van der Waals surface area contributed by atoms with Crippen LogP contribution in [-0.2, 0) is 70.7 Å². The molecule has 0 aliphatic carbocycles. The summed E-state index contributed by atoms with van der Waals surface area (Å²) in [6.07, 6.45) is -1.95. The Balaban J connectivity index is 0.000000520. The zero-order valence-corrected chi connectivity index (χ0v) is 50.6. The predicted molar refractivity (Wildman–Crippen MR) is 299 cm³/mol. The van der Waals surface area contributed by atoms with Crippen LogP contribution in [0.25, 0.3) is 4.85 Å². The van der Waals surface area contributed by atoms with E-state index in [1.165, 1.54) is 7.05 Å². The lowest BCUT2D eigenvalue weighted by Gasteiger charge is -2.29. The van der Waals surface area contributed by atoms with Gasteiger partial charge < -0.3 is 81.5 Å². The van der Waals surface area contributed by atoms with Crippen LogP contribution in [-0.4, -0.2) is 228 Å². The molecule has 438 valence electrons. The summed E-state index contributed by atoms with van der Waals surface area (Å²) in [4.78, 5) is 26.5. The molecule has 4 fully saturated rings. The Kier molecular flexibility index (Phi) is 36.6. The molecule has 0 aromatic rings. The van der Waals surface area contributed by atoms with Gasteiger partial charge in [-0.2, -0.15) is 0 Å². The predicted octanol–water partition coefficient (Wildman–Crippen LogP) is 5.06. The molecule has 0 spiro atoms. The maximum Gasteiger partial charge on any atom is 0.306 e. The molecule has 0 aromatic heterocycles. The molecule has 19 nitrogen and oxygen atoms in total. The lowest BCUT2D eigenvalue weighted by molar-refractivity contribution is -0.161. The van der Waals surface area contributed by atoms with Crippen LogP contribution < -0.4 is 5.32 Å². The maximum atomic E-state index is 12.0. The van der Waals surface area contributed by atoms with E-state index in [0.717, 1.165) is 19.3 Å². The molecule has 4 rings (SSSR count). The summed E-state index contributed by atoms with van der Waals surface area (Å²) in [7, 11) is 27.3. The lowest BCUT2D eigenvalue weighted by Crippen LogP contribution is -2.42. The lowest BCUT2D eigenvalue weighted by atomic mass is 9.92. The summed E-state index contributed by atoms with van der Waals surface area (Å²) in [6.45, 7) is 37.2. The normalized spacial score (nSPS) is 33.5. The highest BCUT2D eigenvalue weighted by atomic mass is 31.2. The van der Waals surface area contributed by atoms with E-state index in [9.17, 15) is 19.8 Å². The van der Waals surface area contributed by atoms with Gasteiger partial charge in [-0.1, -0.05) is 55.4 Å². The number of hydrogen-bond acceptors (Lipinski definition) is 17. The van der Waals surface area contributed by atoms with Crippen molar-refractivity contribution in [1.82, 2.24) is 5.32 Å². The van der Waals surface area contributed by atoms with Crippen LogP contribution in [0, 0.1) is 18.4 Å². The molecule has 0 aromatic carbocycles. The largest absolute Gasteiger partial charge is 0.457 e. The fraction of sp³-hybridized carbons (Fsp3) is 0.943. The Morgan fingerprint density at radius 2 is 0.935 bits per heavy atom. The highest BCUT2D eigenvalue weighted by Crippen LogP contribution is 2.41. The van der Waals surface area contributed by atoms with Crippen LogP contribution in [0.1, 0.15) is 135 Å². The summed E-state index contributed by atoms with van der Waals surface area (Å²) < 4.78 is 73.1. The quantitative estimate of drug-likeness (QED) is 0.0323. The molecule has 23 atom stereocenters. The monoisotopic (exact) mass is 1110 g/mol. The number of esters is 1. The molecule has 24 heteroatoms. The molecule has 4 saturated heterocycles. The van der Waals surface area contributed by atoms with Gasteiger partial charge in [0.2, 0.25) is 12.5 Å². The fourth-order valence-electron chi connectivity index (χ4n) is 8.15. The molecule has 3 N–H and O–H groups in total. The second-order valence-electron chi connectivity index (χ2n) is 20.6. The Morgan fingerprint density at radius 3 is 1.29 bits per heavy atom. The van der Waals surface area contributed by atoms with Crippen molar-refractivity contribution in [3.8, 4) is 0 Å². The number of aliphatic hydroxyl groups is 2. The van der Waals surface area contributed by atoms with Gasteiger partial charge in [-0.15, -0.1) is 0 Å². The topological polar surface area (TPSA) is 211 Å². The van der Waals surface area contributed by atoms with Crippen molar-refractivity contribution < 1.29 is 81.0 Å². The number of nitrogens with zero attached hydrogens (tertiary/aromatic N) is 1. The van der Waals surface area contributed by atoms with E-state index in [4.69, 9.17) is 99.1 Å². The van der Waals surface area contributed by atoms with Crippen LogP contribution in [0.3, 0.4) is 0 Å². The molecule has 4 aliphatic rings. The Morgan fingerprint density at radius 1 is 0.571 bits per heavy atom. The Bertz CT molecular complexity index is 1610. The highest BCUT2D eigenvalue weighted by molar-refractivity contribution is 7.46. The van der Waals surface area contributed by atoms with Crippen molar-refractivity contribution in [1.29, 1.82) is 0 Å². The number of ether oxygens (including phenoxy) is 11. The second-order valence-corrected chi connectivity index (χ2v) is 22.0. The smallest absolute Gasteiger partial charge is 0.306 e. The van der Waals surface area contributed by atoms with Gasteiger partial charge in [0, 0.05) is 58.4 Å². The average Bonchev–Trinajstić information content (AvgIpc) is 4.06. The minimum absolute atomic E-state index is 0.0221. The molecule has 4 aliphatic heterocycles. The van der Waals surface area contributed by atoms with E-state index in [2.05, 4.69) is 24.0 Å². The third kappa shape index (κ3) is 24.5. The van der Waals surface area contributed by atoms with E-state index in [0.29, 0.717) is 31.4 Å². The van der Waals surface area contributed by atoms with Crippen molar-refractivity contribution in [2.45, 2.75) is 269 Å². The van der Waals surface area contributed by atoms with Crippen molar-refractivity contribution in [2.24, 2.45) is 11.8 Å². The van der Waals surface area contributed by atoms with Crippen molar-refractivity contribution in [3.63, 3.8) is 0 Å². The molecule has 1 amide bonds. The highest BCUT2D eigenvalue weighted by Gasteiger charge is 2.47. The number of methoxy groups -OCH3 is 2. The molecule has 0 bridgehead atoms. The van der Waals surface area contributed by atoms with Gasteiger partial charge in [0.25, 0.3) is 0 Å². The summed E-state index contributed by atoms with van der Waals surface area (Å²) >= 11 is 0. The van der Waals surface area contributed by atoms with Gasteiger partial charge in [0.05, 0.1) is 67.5 Å². The Labute approximate surface area is 470 Å². The van der Waals surface area contributed by atoms with Crippen LogP contribution in [0.15, 0.2) is 0 Å². The molecule has 4 heterocycles. The molecular formula is C53H97B4N2O17P. The zero-order valence-electron chi connectivity index (χ0n) is 49.7. The third-order valence-corrected chi connectivity index (χ3v) is 15.4. The molecule has 0 saturated carbocycles. The number of carbonyl (C=O) groups excluding carboxylic acids is 2. The first-order valence-corrected chi connectivity index (χ1v) is 29.3. The number of aliphatic hydroxyl groups excluding tert-OH is 2. The third-order valence-electron chi connectivity index (χ3n) is 14.3. The molecule has 8 radical (unpaired) electrons. The zero-order chi connectivity index (χ0) is 58.9. The van der Waals surface area contributed by atoms with E-state index < -0.39 is 75.0 Å². The SMILES string of the molecule is [B][C@@H]1O[C@H](CC)C(O)[C@@H]1O[C@H](C)[C@H](C)OC.[B][C@@H]1O[C@H](CC)C(O)[C@@H]1O[C@H](C)[C@H](C)OC.[B][C@@H]1O[C@H](CC)C(OC(=O)CCC(=O)NC)[C@@H]1O[C@H](C)C(C)C.[B][C@@H]1O[C@H](CC)C(OP(C)OCC[N+]#[C-])[C@@H]1O[C@H](C)C(C)C. The summed E-state index contributed by atoms with van der Waals surface area (Å²) in [5, 5.41) is 22.4. The van der Waals surface area contributed by atoms with Crippen LogP contribution in [0.5, 0.6) is 0 Å². The van der Waals surface area contributed by atoms with Crippen LogP contribution >= 0.6 is 8.38 Å². The standard InChI is InChI=1S/C16H28BNO5.C15H27BNO4P.2C11H21BO4/c1-6-11-14(23-13(20)8-7-12(19)18-5)15(16(17)22-11)21-10(4)9(2)3;1-7-12-13(21-22(6)18-9-8-17-5)14(15(16)20-12)19-11(4)10(2)3;2*1-5-8-9(13)10(11(12)16-8)15-7(3)6(2)14-4/h9-11,14-16H,6-8H2,1-5H3,(H,18,19);10-15H,7-9H2,1-4,6H3;2*6-11,13H,5H2,1-4H3/t10-,11-,14?,15+,16-;11-,12-,13?,14+,15-,22?;2*6-,7+,8+,9?,10-,11+/m1100/s1. The van der Waals surface area contributed by atoms with Crippen LogP contribution in [0.2, 0.25) is 0 Å². The number of carbonyl (C=O) groups is 2. The summed E-state index contributed by atoms with van der Waals surface area (Å²) in [5.74, 6) is 0.0641. The van der Waals surface area contributed by atoms with E-state index in [-0.39, 0.29) is 92.0 Å². The van der Waals surface area contributed by atoms with E-state index in [1.54, 1.807) is 14.2 Å². The maximum absolute atomic E-state index is 12.0. The van der Waals surface area contributed by atoms with Gasteiger partial charge in [-0.3, -0.25) is 9.59 Å². The van der Waals surface area contributed by atoms with Gasteiger partial charge in [-0.25, -0.2) is 6.57 Å². The van der Waals surface area contributed by atoms with Gasteiger partial charge in [0.1, 0.15) is 80.7 Å². The Hall–Kier alpha value is -1.44. The summed E-state index contributed by atoms with van der Waals surface area (Å²) in [6, 6.07) is -2.24. The molecular weight excluding hydrogens is 1010 g/mol. The van der Waals surface area contributed by atoms with Crippen molar-refractivity contribution in [3.05, 3.63) is 11.4 Å².